The first-order chi connectivity index (χ1) is 13.7. The van der Waals surface area contributed by atoms with Crippen LogP contribution in [0.2, 0.25) is 0 Å². The predicted octanol–water partition coefficient (Wildman–Crippen LogP) is 4.46. The van der Waals surface area contributed by atoms with Gasteiger partial charge in [-0.25, -0.2) is 0 Å². The number of fused-ring (bicyclic) bond motifs is 5. The first-order valence-electron chi connectivity index (χ1n) is 11.0. The number of hydrogen-bond acceptors (Lipinski definition) is 4. The molecule has 1 aromatic carbocycles. The Morgan fingerprint density at radius 2 is 2.07 bits per heavy atom. The third-order valence-electron chi connectivity index (χ3n) is 8.37. The average molecular weight is 417 g/mol. The van der Waals surface area contributed by atoms with Gasteiger partial charge in [0.2, 0.25) is 0 Å². The van der Waals surface area contributed by atoms with E-state index in [0.29, 0.717) is 35.8 Å². The van der Waals surface area contributed by atoms with Gasteiger partial charge in [-0.05, 0) is 104 Å². The summed E-state index contributed by atoms with van der Waals surface area (Å²) in [5.74, 6) is 2.89. The minimum absolute atomic E-state index is 0.127. The van der Waals surface area contributed by atoms with Gasteiger partial charge in [-0.1, -0.05) is 19.9 Å². The zero-order valence-corrected chi connectivity index (χ0v) is 18.5. The van der Waals surface area contributed by atoms with Crippen molar-refractivity contribution in [2.75, 3.05) is 0 Å². The van der Waals surface area contributed by atoms with Crippen LogP contribution in [0.5, 0.6) is 5.75 Å². The minimum atomic E-state index is -4.02. The molecule has 0 bridgehead atoms. The Balaban J connectivity index is 1.67. The molecule has 0 aliphatic heterocycles. The molecule has 3 aliphatic rings. The maximum Gasteiger partial charge on any atom is 0.380 e. The second-order valence-electron chi connectivity index (χ2n) is 9.65. The van der Waals surface area contributed by atoms with E-state index in [4.69, 9.17) is 9.32 Å². The fourth-order valence-electron chi connectivity index (χ4n) is 7.08. The summed E-state index contributed by atoms with van der Waals surface area (Å²) in [6.45, 7) is 6.55. The number of aryl methyl sites for hydroxylation is 2. The molecule has 2 saturated carbocycles. The van der Waals surface area contributed by atoms with Crippen molar-refractivity contribution in [3.63, 3.8) is 0 Å². The fourth-order valence-corrected chi connectivity index (χ4v) is 7.48. The van der Waals surface area contributed by atoms with E-state index in [9.17, 15) is 13.7 Å². The summed E-state index contributed by atoms with van der Waals surface area (Å²) < 4.78 is 28.0. The largest absolute Gasteiger partial charge is 0.380 e. The van der Waals surface area contributed by atoms with Crippen molar-refractivity contribution in [3.8, 4) is 11.8 Å². The van der Waals surface area contributed by atoms with Gasteiger partial charge in [0.25, 0.3) is 0 Å². The van der Waals surface area contributed by atoms with Gasteiger partial charge in [-0.15, -0.1) is 0 Å². The van der Waals surface area contributed by atoms with Gasteiger partial charge < -0.3 is 4.18 Å². The monoisotopic (exact) mass is 416 g/mol. The van der Waals surface area contributed by atoms with Crippen molar-refractivity contribution in [1.29, 1.82) is 5.26 Å². The Kier molecular flexibility index (Phi) is 5.19. The van der Waals surface area contributed by atoms with Crippen LogP contribution in [-0.2, 0) is 23.1 Å². The van der Waals surface area contributed by atoms with Crippen LogP contribution in [0.3, 0.4) is 0 Å². The molecule has 0 radical (unpaired) electrons. The molecule has 0 saturated heterocycles. The molecule has 1 aromatic rings. The normalized spacial score (nSPS) is 34.4. The van der Waals surface area contributed by atoms with E-state index in [1.54, 1.807) is 0 Å². The Labute approximate surface area is 174 Å². The van der Waals surface area contributed by atoms with Crippen molar-refractivity contribution < 1.29 is 12.6 Å². The Hall–Kier alpha value is -1.58. The number of nitrogens with zero attached hydrogens (tertiary/aromatic N) is 1. The molecule has 2 N–H and O–H groups in total. The molecule has 29 heavy (non-hydrogen) atoms. The highest BCUT2D eigenvalue weighted by molar-refractivity contribution is 7.84. The lowest BCUT2D eigenvalue weighted by Gasteiger charge is -2.51. The van der Waals surface area contributed by atoms with Gasteiger partial charge in [-0.2, -0.15) is 18.8 Å². The standard InChI is InChI=1S/C23H32N2O3S/c1-4-15-11-19-16(12-22(15)28-29(25,26)27)5-6-18-17(19)9-10-23(3)20(14(2)13-24)7-8-21(18)23/h11-12,14,17-18,20-21H,4-10H2,1-3H3,(H2,25,26,27)/t14?,17-,18+,20+,21-,23+/m0/s1. The van der Waals surface area contributed by atoms with Crippen molar-refractivity contribution in [2.24, 2.45) is 34.2 Å². The number of nitriles is 1. The maximum absolute atomic E-state index is 11.5. The quantitative estimate of drug-likeness (QED) is 0.784. The highest BCUT2D eigenvalue weighted by Crippen LogP contribution is 2.64. The minimum Gasteiger partial charge on any atom is -0.371 e. The van der Waals surface area contributed by atoms with Crippen molar-refractivity contribution >= 4 is 10.3 Å². The third kappa shape index (κ3) is 3.47. The molecule has 158 valence electrons. The lowest BCUT2D eigenvalue weighted by Crippen LogP contribution is -2.43. The highest BCUT2D eigenvalue weighted by Gasteiger charge is 2.55. The van der Waals surface area contributed by atoms with Crippen LogP contribution >= 0.6 is 0 Å². The Morgan fingerprint density at radius 3 is 2.72 bits per heavy atom. The van der Waals surface area contributed by atoms with Gasteiger partial charge in [0.05, 0.1) is 6.07 Å². The number of rotatable bonds is 4. The van der Waals surface area contributed by atoms with E-state index in [-0.39, 0.29) is 11.3 Å². The van der Waals surface area contributed by atoms with E-state index in [0.717, 1.165) is 24.8 Å². The van der Waals surface area contributed by atoms with E-state index < -0.39 is 10.3 Å². The molecule has 1 unspecified atom stereocenters. The molecule has 6 heteroatoms. The number of hydrogen-bond donors (Lipinski definition) is 1. The van der Waals surface area contributed by atoms with Crippen LogP contribution in [0.15, 0.2) is 12.1 Å². The zero-order valence-electron chi connectivity index (χ0n) is 17.6. The summed E-state index contributed by atoms with van der Waals surface area (Å²) in [6.07, 6.45) is 7.52. The number of nitrogens with two attached hydrogens (primary N) is 1. The van der Waals surface area contributed by atoms with Crippen LogP contribution in [0.1, 0.15) is 75.5 Å². The lowest BCUT2D eigenvalue weighted by molar-refractivity contribution is 0.0187. The SMILES string of the molecule is CCc1cc2c(cc1OS(N)(=O)=O)CC[C@@H]1[C@@H]2CC[C@]2(C)[C@@H](C(C)C#N)CC[C@@H]12. The van der Waals surface area contributed by atoms with E-state index in [1.165, 1.54) is 30.4 Å². The average Bonchev–Trinajstić information content (AvgIpc) is 3.02. The van der Waals surface area contributed by atoms with Crippen LogP contribution in [0, 0.1) is 40.4 Å². The smallest absolute Gasteiger partial charge is 0.371 e. The fraction of sp³-hybridized carbons (Fsp3) is 0.696. The molecule has 0 heterocycles. The molecule has 6 atom stereocenters. The van der Waals surface area contributed by atoms with Crippen LogP contribution in [0.25, 0.3) is 0 Å². The summed E-state index contributed by atoms with van der Waals surface area (Å²) in [5.41, 5.74) is 3.79. The van der Waals surface area contributed by atoms with Crippen LogP contribution in [0.4, 0.5) is 0 Å². The second kappa shape index (κ2) is 7.28. The van der Waals surface area contributed by atoms with E-state index >= 15 is 0 Å². The van der Waals surface area contributed by atoms with E-state index in [1.807, 2.05) is 13.0 Å². The molecule has 0 spiro atoms. The summed E-state index contributed by atoms with van der Waals surface area (Å²) in [5, 5.41) is 14.6. The van der Waals surface area contributed by atoms with Crippen molar-refractivity contribution in [3.05, 3.63) is 28.8 Å². The maximum atomic E-state index is 11.5. The summed E-state index contributed by atoms with van der Waals surface area (Å²) in [4.78, 5) is 0. The summed E-state index contributed by atoms with van der Waals surface area (Å²) >= 11 is 0. The van der Waals surface area contributed by atoms with Gasteiger partial charge >= 0.3 is 10.3 Å². The lowest BCUT2D eigenvalue weighted by atomic mass is 9.53. The first-order valence-corrected chi connectivity index (χ1v) is 12.4. The topological polar surface area (TPSA) is 93.2 Å². The predicted molar refractivity (Wildman–Crippen MR) is 112 cm³/mol. The molecule has 3 aliphatic carbocycles. The molecule has 5 nitrogen and oxygen atoms in total. The third-order valence-corrected chi connectivity index (χ3v) is 8.79. The molecule has 0 amide bonds. The van der Waals surface area contributed by atoms with Gasteiger partial charge in [-0.3, -0.25) is 0 Å². The zero-order chi connectivity index (χ0) is 21.0. The number of benzene rings is 1. The van der Waals surface area contributed by atoms with Crippen molar-refractivity contribution in [1.82, 2.24) is 0 Å². The van der Waals surface area contributed by atoms with Gasteiger partial charge in [0, 0.05) is 5.92 Å². The highest BCUT2D eigenvalue weighted by atomic mass is 32.2. The summed E-state index contributed by atoms with van der Waals surface area (Å²) in [6, 6.07) is 6.61. The molecule has 4 rings (SSSR count). The Morgan fingerprint density at radius 1 is 1.31 bits per heavy atom. The van der Waals surface area contributed by atoms with Crippen LogP contribution in [-0.4, -0.2) is 8.42 Å². The first kappa shape index (κ1) is 20.7. The molecule has 0 aromatic heterocycles. The molecule has 2 fully saturated rings. The van der Waals surface area contributed by atoms with Gasteiger partial charge in [0.15, 0.2) is 0 Å². The Bertz CT molecular complexity index is 952. The van der Waals surface area contributed by atoms with Crippen molar-refractivity contribution in [2.45, 2.75) is 71.6 Å². The van der Waals surface area contributed by atoms with Gasteiger partial charge in [0.1, 0.15) is 5.75 Å². The second-order valence-corrected chi connectivity index (χ2v) is 10.8. The van der Waals surface area contributed by atoms with E-state index in [2.05, 4.69) is 26.0 Å². The molecular formula is C23H32N2O3S. The summed E-state index contributed by atoms with van der Waals surface area (Å²) in [7, 11) is -4.02. The molecular weight excluding hydrogens is 384 g/mol. The van der Waals surface area contributed by atoms with Crippen LogP contribution < -0.4 is 9.32 Å².